The Labute approximate surface area is 157 Å². The summed E-state index contributed by atoms with van der Waals surface area (Å²) in [7, 11) is 1.70. The number of carbonyl (C=O) groups excluding carboxylic acids is 3. The first-order chi connectivity index (χ1) is 12.0. The molecule has 0 aliphatic carbocycles. The van der Waals surface area contributed by atoms with E-state index in [0.717, 1.165) is 19.3 Å². The van der Waals surface area contributed by atoms with Crippen LogP contribution in [0.3, 0.4) is 0 Å². The molecule has 0 bridgehead atoms. The summed E-state index contributed by atoms with van der Waals surface area (Å²) in [6, 6.07) is 0. The van der Waals surface area contributed by atoms with E-state index in [4.69, 9.17) is 9.47 Å². The van der Waals surface area contributed by atoms with Crippen LogP contribution >= 0.6 is 0 Å². The van der Waals surface area contributed by atoms with Crippen LogP contribution < -0.4 is 5.32 Å². The number of rotatable bonds is 11. The van der Waals surface area contributed by atoms with E-state index in [1.807, 2.05) is 20.8 Å². The molecule has 1 N–H and O–H groups in total. The molecule has 0 fully saturated rings. The average Bonchev–Trinajstić information content (AvgIpc) is 2.50. The van der Waals surface area contributed by atoms with E-state index in [2.05, 4.69) is 5.32 Å². The van der Waals surface area contributed by atoms with Gasteiger partial charge in [0.2, 0.25) is 6.41 Å². The lowest BCUT2D eigenvalue weighted by Crippen LogP contribution is -2.35. The van der Waals surface area contributed by atoms with E-state index >= 15 is 0 Å². The summed E-state index contributed by atoms with van der Waals surface area (Å²) in [4.78, 5) is 37.5. The van der Waals surface area contributed by atoms with Crippen molar-refractivity contribution >= 4 is 18.6 Å². The molecule has 8 heteroatoms. The average molecular weight is 373 g/mol. The van der Waals surface area contributed by atoms with Crippen molar-refractivity contribution < 1.29 is 23.9 Å². The molecule has 0 aromatic carbocycles. The van der Waals surface area contributed by atoms with Crippen LogP contribution in [-0.2, 0) is 14.3 Å². The monoisotopic (exact) mass is 373 g/mol. The molecule has 3 amide bonds. The zero-order chi connectivity index (χ0) is 20.2. The van der Waals surface area contributed by atoms with Crippen molar-refractivity contribution in [1.82, 2.24) is 15.1 Å². The highest BCUT2D eigenvalue weighted by Crippen LogP contribution is 2.09. The van der Waals surface area contributed by atoms with Gasteiger partial charge >= 0.3 is 12.2 Å². The molecule has 0 unspecified atom stereocenters. The van der Waals surface area contributed by atoms with Gasteiger partial charge in [-0.15, -0.1) is 0 Å². The van der Waals surface area contributed by atoms with Crippen molar-refractivity contribution in [1.29, 1.82) is 0 Å². The van der Waals surface area contributed by atoms with E-state index in [1.54, 1.807) is 30.7 Å². The van der Waals surface area contributed by atoms with Crippen LogP contribution in [0.4, 0.5) is 9.59 Å². The van der Waals surface area contributed by atoms with Crippen molar-refractivity contribution in [2.75, 3.05) is 33.2 Å². The maximum absolute atomic E-state index is 11.8. The number of hydrogen-bond donors (Lipinski definition) is 1. The molecule has 0 rings (SSSR count). The number of ether oxygens (including phenoxy) is 2. The third kappa shape index (κ3) is 13.3. The second-order valence-corrected chi connectivity index (χ2v) is 7.48. The molecule has 0 aromatic heterocycles. The van der Waals surface area contributed by atoms with E-state index in [0.29, 0.717) is 32.6 Å². The topological polar surface area (TPSA) is 88.2 Å². The summed E-state index contributed by atoms with van der Waals surface area (Å²) in [6.07, 6.45) is 2.09. The van der Waals surface area contributed by atoms with Crippen LogP contribution in [0.15, 0.2) is 0 Å². The van der Waals surface area contributed by atoms with Gasteiger partial charge in [-0.2, -0.15) is 0 Å². The molecule has 0 aromatic rings. The Morgan fingerprint density at radius 1 is 1.08 bits per heavy atom. The molecular formula is C18H35N3O5. The first kappa shape index (κ1) is 24.0. The quantitative estimate of drug-likeness (QED) is 0.444. The SMILES string of the molecule is CC(C)OC(=O)NCCCN(C=O)CCCCN(C)C(=O)OC(C)(C)C. The summed E-state index contributed by atoms with van der Waals surface area (Å²) in [5.74, 6) is 0. The minimum atomic E-state index is -0.505. The molecule has 0 heterocycles. The third-order valence-electron chi connectivity index (χ3n) is 3.28. The molecule has 0 radical (unpaired) electrons. The van der Waals surface area contributed by atoms with Gasteiger partial charge in [-0.25, -0.2) is 9.59 Å². The molecular weight excluding hydrogens is 338 g/mol. The fourth-order valence-corrected chi connectivity index (χ4v) is 2.04. The third-order valence-corrected chi connectivity index (χ3v) is 3.28. The zero-order valence-corrected chi connectivity index (χ0v) is 17.0. The molecule has 0 aliphatic rings. The smallest absolute Gasteiger partial charge is 0.410 e. The lowest BCUT2D eigenvalue weighted by atomic mass is 10.2. The standard InChI is InChI=1S/C18H35N3O5/c1-15(2)25-16(23)19-10-9-13-21(14-22)12-8-7-11-20(6)17(24)26-18(3,4)5/h14-15H,7-13H2,1-6H3,(H,19,23). The first-order valence-corrected chi connectivity index (χ1v) is 9.13. The summed E-state index contributed by atoms with van der Waals surface area (Å²) < 4.78 is 10.2. The molecule has 8 nitrogen and oxygen atoms in total. The largest absolute Gasteiger partial charge is 0.447 e. The highest BCUT2D eigenvalue weighted by Gasteiger charge is 2.19. The van der Waals surface area contributed by atoms with E-state index in [1.165, 1.54) is 0 Å². The van der Waals surface area contributed by atoms with E-state index in [-0.39, 0.29) is 12.2 Å². The number of alkyl carbamates (subject to hydrolysis) is 1. The second-order valence-electron chi connectivity index (χ2n) is 7.48. The number of carbonyl (C=O) groups is 3. The molecule has 0 spiro atoms. The van der Waals surface area contributed by atoms with Gasteiger partial charge in [0.15, 0.2) is 0 Å². The Morgan fingerprint density at radius 2 is 1.65 bits per heavy atom. The highest BCUT2D eigenvalue weighted by atomic mass is 16.6. The fourth-order valence-electron chi connectivity index (χ4n) is 2.04. The molecule has 0 saturated heterocycles. The number of amides is 3. The van der Waals surface area contributed by atoms with Gasteiger partial charge in [-0.3, -0.25) is 4.79 Å². The van der Waals surface area contributed by atoms with Gasteiger partial charge < -0.3 is 24.6 Å². The molecule has 152 valence electrons. The lowest BCUT2D eigenvalue weighted by molar-refractivity contribution is -0.118. The fraction of sp³-hybridized carbons (Fsp3) is 0.833. The predicted molar refractivity (Wildman–Crippen MR) is 100.0 cm³/mol. The van der Waals surface area contributed by atoms with Gasteiger partial charge in [0.25, 0.3) is 0 Å². The highest BCUT2D eigenvalue weighted by molar-refractivity contribution is 5.67. The van der Waals surface area contributed by atoms with Gasteiger partial charge in [-0.05, 0) is 53.9 Å². The lowest BCUT2D eigenvalue weighted by Gasteiger charge is -2.25. The van der Waals surface area contributed by atoms with Gasteiger partial charge in [-0.1, -0.05) is 0 Å². The Morgan fingerprint density at radius 3 is 2.19 bits per heavy atom. The normalized spacial score (nSPS) is 11.0. The summed E-state index contributed by atoms with van der Waals surface area (Å²) in [6.45, 7) is 11.3. The number of nitrogens with zero attached hydrogens (tertiary/aromatic N) is 2. The summed E-state index contributed by atoms with van der Waals surface area (Å²) >= 11 is 0. The number of hydrogen-bond acceptors (Lipinski definition) is 5. The molecule has 0 saturated carbocycles. The van der Waals surface area contributed by atoms with Gasteiger partial charge in [0.05, 0.1) is 6.10 Å². The van der Waals surface area contributed by atoms with E-state index < -0.39 is 11.7 Å². The van der Waals surface area contributed by atoms with Crippen molar-refractivity contribution in [3.63, 3.8) is 0 Å². The molecule has 26 heavy (non-hydrogen) atoms. The van der Waals surface area contributed by atoms with Crippen molar-refractivity contribution in [3.05, 3.63) is 0 Å². The minimum Gasteiger partial charge on any atom is -0.447 e. The van der Waals surface area contributed by atoms with Crippen LogP contribution in [0.25, 0.3) is 0 Å². The Kier molecular flexibility index (Phi) is 11.4. The number of unbranched alkanes of at least 4 members (excludes halogenated alkanes) is 1. The zero-order valence-electron chi connectivity index (χ0n) is 17.0. The minimum absolute atomic E-state index is 0.153. The van der Waals surface area contributed by atoms with Crippen LogP contribution in [0.5, 0.6) is 0 Å². The van der Waals surface area contributed by atoms with E-state index in [9.17, 15) is 14.4 Å². The van der Waals surface area contributed by atoms with Crippen LogP contribution in [0.1, 0.15) is 53.9 Å². The number of nitrogens with one attached hydrogen (secondary N) is 1. The van der Waals surface area contributed by atoms with Gasteiger partial charge in [0.1, 0.15) is 5.60 Å². The van der Waals surface area contributed by atoms with Crippen molar-refractivity contribution in [2.45, 2.75) is 65.6 Å². The summed E-state index contributed by atoms with van der Waals surface area (Å²) in [5.41, 5.74) is -0.505. The molecule has 0 atom stereocenters. The summed E-state index contributed by atoms with van der Waals surface area (Å²) in [5, 5.41) is 2.64. The molecule has 0 aliphatic heterocycles. The van der Waals surface area contributed by atoms with Crippen LogP contribution in [0, 0.1) is 0 Å². The van der Waals surface area contributed by atoms with Crippen LogP contribution in [0.2, 0.25) is 0 Å². The van der Waals surface area contributed by atoms with Crippen LogP contribution in [-0.4, -0.2) is 73.3 Å². The van der Waals surface area contributed by atoms with Crippen molar-refractivity contribution in [2.24, 2.45) is 0 Å². The predicted octanol–water partition coefficient (Wildman–Crippen LogP) is 2.62. The Bertz CT molecular complexity index is 435. The maximum Gasteiger partial charge on any atom is 0.410 e. The first-order valence-electron chi connectivity index (χ1n) is 9.13. The maximum atomic E-state index is 11.8. The van der Waals surface area contributed by atoms with Crippen molar-refractivity contribution in [3.8, 4) is 0 Å². The Hall–Kier alpha value is -1.99. The second kappa shape index (κ2) is 12.4. The Balaban J connectivity index is 3.86. The van der Waals surface area contributed by atoms with Gasteiger partial charge in [0, 0.05) is 33.2 Å².